The highest BCUT2D eigenvalue weighted by molar-refractivity contribution is 5.97. The van der Waals surface area contributed by atoms with Crippen LogP contribution in [0.25, 0.3) is 0 Å². The van der Waals surface area contributed by atoms with Crippen molar-refractivity contribution >= 4 is 11.9 Å². The summed E-state index contributed by atoms with van der Waals surface area (Å²) in [6.45, 7) is 2.90. The number of carbonyl (C=O) groups is 2. The summed E-state index contributed by atoms with van der Waals surface area (Å²) in [4.78, 5) is 24.8. The molecule has 5 heteroatoms. The van der Waals surface area contributed by atoms with Crippen molar-refractivity contribution in [1.82, 2.24) is 4.90 Å². The van der Waals surface area contributed by atoms with Crippen LogP contribution in [0.1, 0.15) is 34.1 Å². The summed E-state index contributed by atoms with van der Waals surface area (Å²) in [5.74, 6) is -1.18. The van der Waals surface area contributed by atoms with Gasteiger partial charge in [0.05, 0.1) is 11.7 Å². The van der Waals surface area contributed by atoms with Gasteiger partial charge >= 0.3 is 5.97 Å². The average Bonchev–Trinajstić information content (AvgIpc) is 2.41. The summed E-state index contributed by atoms with van der Waals surface area (Å²) >= 11 is 0. The molecule has 1 saturated heterocycles. The van der Waals surface area contributed by atoms with Gasteiger partial charge in [0.15, 0.2) is 0 Å². The van der Waals surface area contributed by atoms with Crippen LogP contribution in [0.2, 0.25) is 0 Å². The molecule has 1 heterocycles. The highest BCUT2D eigenvalue weighted by atomic mass is 16.4. The van der Waals surface area contributed by atoms with Gasteiger partial charge in [0.1, 0.15) is 0 Å². The summed E-state index contributed by atoms with van der Waals surface area (Å²) in [5.41, 5.74) is 0.486. The minimum atomic E-state index is -1.04. The van der Waals surface area contributed by atoms with E-state index in [4.69, 9.17) is 5.11 Å². The van der Waals surface area contributed by atoms with E-state index in [0.29, 0.717) is 25.1 Å². The molecule has 0 saturated carbocycles. The minimum absolute atomic E-state index is 0.0420. The first-order chi connectivity index (χ1) is 8.99. The molecule has 19 heavy (non-hydrogen) atoms. The van der Waals surface area contributed by atoms with Crippen LogP contribution >= 0.6 is 0 Å². The number of likely N-dealkylation sites (tertiary alicyclic amines) is 1. The first kappa shape index (κ1) is 13.5. The van der Waals surface area contributed by atoms with E-state index in [1.807, 2.05) is 6.92 Å². The van der Waals surface area contributed by atoms with E-state index in [2.05, 4.69) is 0 Å². The maximum Gasteiger partial charge on any atom is 0.335 e. The maximum absolute atomic E-state index is 12.3. The quantitative estimate of drug-likeness (QED) is 0.841. The first-order valence-corrected chi connectivity index (χ1v) is 6.29. The predicted molar refractivity (Wildman–Crippen MR) is 69.1 cm³/mol. The van der Waals surface area contributed by atoms with Crippen molar-refractivity contribution in [2.24, 2.45) is 5.92 Å². The first-order valence-electron chi connectivity index (χ1n) is 6.29. The van der Waals surface area contributed by atoms with Gasteiger partial charge in [-0.15, -0.1) is 0 Å². The number of aliphatic hydroxyl groups is 1. The molecule has 2 atom stereocenters. The molecule has 2 rings (SSSR count). The molecule has 0 spiro atoms. The lowest BCUT2D eigenvalue weighted by Crippen LogP contribution is -2.45. The Hall–Kier alpha value is -1.88. The zero-order chi connectivity index (χ0) is 14.0. The fraction of sp³-hybridized carbons (Fsp3) is 0.429. The number of carboxylic acids is 1. The SMILES string of the molecule is CC1CN(C(=O)c2cccc(C(=O)O)c2)CCC1O. The average molecular weight is 263 g/mol. The number of hydrogen-bond acceptors (Lipinski definition) is 3. The van der Waals surface area contributed by atoms with Crippen molar-refractivity contribution in [3.8, 4) is 0 Å². The van der Waals surface area contributed by atoms with Crippen molar-refractivity contribution in [1.29, 1.82) is 0 Å². The number of aliphatic hydroxyl groups excluding tert-OH is 1. The van der Waals surface area contributed by atoms with Crippen LogP contribution in [0.3, 0.4) is 0 Å². The Morgan fingerprint density at radius 1 is 1.32 bits per heavy atom. The maximum atomic E-state index is 12.3. The van der Waals surface area contributed by atoms with Crippen molar-refractivity contribution in [2.45, 2.75) is 19.4 Å². The molecule has 0 aliphatic carbocycles. The summed E-state index contributed by atoms with van der Waals surface area (Å²) in [7, 11) is 0. The lowest BCUT2D eigenvalue weighted by Gasteiger charge is -2.34. The third-order valence-electron chi connectivity index (χ3n) is 3.50. The largest absolute Gasteiger partial charge is 0.478 e. The zero-order valence-electron chi connectivity index (χ0n) is 10.7. The van der Waals surface area contributed by atoms with Gasteiger partial charge in [-0.3, -0.25) is 4.79 Å². The van der Waals surface area contributed by atoms with Crippen molar-refractivity contribution in [3.63, 3.8) is 0 Å². The topological polar surface area (TPSA) is 77.8 Å². The van der Waals surface area contributed by atoms with Gasteiger partial charge in [0.2, 0.25) is 0 Å². The van der Waals surface area contributed by atoms with Crippen LogP contribution in [-0.2, 0) is 0 Å². The minimum Gasteiger partial charge on any atom is -0.478 e. The summed E-state index contributed by atoms with van der Waals surface area (Å²) in [5, 5.41) is 18.6. The molecule has 102 valence electrons. The normalized spacial score (nSPS) is 23.2. The molecule has 1 aliphatic heterocycles. The van der Waals surface area contributed by atoms with Gasteiger partial charge in [-0.1, -0.05) is 13.0 Å². The fourth-order valence-corrected chi connectivity index (χ4v) is 2.29. The standard InChI is InChI=1S/C14H17NO4/c1-9-8-15(6-5-12(9)16)13(17)10-3-2-4-11(7-10)14(18)19/h2-4,7,9,12,16H,5-6,8H2,1H3,(H,18,19). The van der Waals surface area contributed by atoms with Crippen molar-refractivity contribution in [3.05, 3.63) is 35.4 Å². The molecule has 1 aliphatic rings. The molecule has 2 unspecified atom stereocenters. The third-order valence-corrected chi connectivity index (χ3v) is 3.50. The number of carbonyl (C=O) groups excluding carboxylic acids is 1. The molecular formula is C14H17NO4. The Morgan fingerprint density at radius 2 is 2.00 bits per heavy atom. The lowest BCUT2D eigenvalue weighted by atomic mass is 9.96. The molecule has 1 aromatic rings. The Balaban J connectivity index is 2.16. The smallest absolute Gasteiger partial charge is 0.335 e. The van der Waals surface area contributed by atoms with Gasteiger partial charge in [-0.2, -0.15) is 0 Å². The molecule has 2 N–H and O–H groups in total. The van der Waals surface area contributed by atoms with Crippen LogP contribution < -0.4 is 0 Å². The molecular weight excluding hydrogens is 246 g/mol. The summed E-state index contributed by atoms with van der Waals surface area (Å²) in [6, 6.07) is 6.03. The van der Waals surface area contributed by atoms with E-state index in [9.17, 15) is 14.7 Å². The van der Waals surface area contributed by atoms with Crippen LogP contribution in [0.15, 0.2) is 24.3 Å². The Bertz CT molecular complexity index is 500. The second-order valence-corrected chi connectivity index (χ2v) is 4.97. The highest BCUT2D eigenvalue weighted by Crippen LogP contribution is 2.19. The number of piperidine rings is 1. The van der Waals surface area contributed by atoms with E-state index in [-0.39, 0.29) is 23.5 Å². The molecule has 1 aromatic carbocycles. The second kappa shape index (κ2) is 5.40. The number of nitrogens with zero attached hydrogens (tertiary/aromatic N) is 1. The number of aromatic carboxylic acids is 1. The molecule has 5 nitrogen and oxygen atoms in total. The Morgan fingerprint density at radius 3 is 2.63 bits per heavy atom. The fourth-order valence-electron chi connectivity index (χ4n) is 2.29. The molecule has 1 amide bonds. The highest BCUT2D eigenvalue weighted by Gasteiger charge is 2.27. The Labute approximate surface area is 111 Å². The van der Waals surface area contributed by atoms with Crippen molar-refractivity contribution < 1.29 is 19.8 Å². The zero-order valence-corrected chi connectivity index (χ0v) is 10.7. The molecule has 1 fully saturated rings. The summed E-state index contributed by atoms with van der Waals surface area (Å²) < 4.78 is 0. The van der Waals surface area contributed by atoms with Gasteiger partial charge in [-0.25, -0.2) is 4.79 Å². The van der Waals surface area contributed by atoms with E-state index < -0.39 is 5.97 Å². The van der Waals surface area contributed by atoms with E-state index >= 15 is 0 Å². The van der Waals surface area contributed by atoms with Crippen LogP contribution in [0.4, 0.5) is 0 Å². The number of rotatable bonds is 2. The van der Waals surface area contributed by atoms with Crippen LogP contribution in [0, 0.1) is 5.92 Å². The number of carboxylic acid groups (broad SMARTS) is 1. The molecule has 0 bridgehead atoms. The van der Waals surface area contributed by atoms with Crippen LogP contribution in [0.5, 0.6) is 0 Å². The van der Waals surface area contributed by atoms with E-state index in [0.717, 1.165) is 0 Å². The Kier molecular flexibility index (Phi) is 3.85. The second-order valence-electron chi connectivity index (χ2n) is 4.97. The molecule has 0 aromatic heterocycles. The van der Waals surface area contributed by atoms with Crippen molar-refractivity contribution in [2.75, 3.05) is 13.1 Å². The predicted octanol–water partition coefficient (Wildman–Crippen LogP) is 1.23. The van der Waals surface area contributed by atoms with E-state index in [1.165, 1.54) is 12.1 Å². The number of hydrogen-bond donors (Lipinski definition) is 2. The summed E-state index contributed by atoms with van der Waals surface area (Å²) in [6.07, 6.45) is 0.195. The number of amides is 1. The monoisotopic (exact) mass is 263 g/mol. The lowest BCUT2D eigenvalue weighted by molar-refractivity contribution is 0.0297. The van der Waals surface area contributed by atoms with E-state index in [1.54, 1.807) is 17.0 Å². The third kappa shape index (κ3) is 2.93. The van der Waals surface area contributed by atoms with Crippen LogP contribution in [-0.4, -0.2) is 46.2 Å². The van der Waals surface area contributed by atoms with Gasteiger partial charge in [0, 0.05) is 18.7 Å². The van der Waals surface area contributed by atoms with Gasteiger partial charge < -0.3 is 15.1 Å². The molecule has 0 radical (unpaired) electrons. The van der Waals surface area contributed by atoms with Gasteiger partial charge in [0.25, 0.3) is 5.91 Å². The number of benzene rings is 1. The van der Waals surface area contributed by atoms with Gasteiger partial charge in [-0.05, 0) is 30.5 Å².